The lowest BCUT2D eigenvalue weighted by Crippen LogP contribution is -2.49. The van der Waals surface area contributed by atoms with E-state index in [9.17, 15) is 4.79 Å². The van der Waals surface area contributed by atoms with Gasteiger partial charge in [-0.05, 0) is 74.5 Å². The number of hydrogen-bond donors (Lipinski definition) is 2. The van der Waals surface area contributed by atoms with Crippen LogP contribution in [0.25, 0.3) is 0 Å². The number of piperidine rings is 1. The minimum absolute atomic E-state index is 0.0624. The number of nitrogens with one attached hydrogen (secondary N) is 2. The summed E-state index contributed by atoms with van der Waals surface area (Å²) in [5.41, 5.74) is 1.82. The first-order chi connectivity index (χ1) is 14.7. The Bertz CT molecular complexity index is 847. The molecule has 2 aliphatic rings. The van der Waals surface area contributed by atoms with Gasteiger partial charge in [0.25, 0.3) is 0 Å². The van der Waals surface area contributed by atoms with E-state index in [-0.39, 0.29) is 18.1 Å². The van der Waals surface area contributed by atoms with Crippen molar-refractivity contribution in [3.8, 4) is 6.07 Å². The van der Waals surface area contributed by atoms with Gasteiger partial charge in [0, 0.05) is 36.2 Å². The molecule has 0 spiro atoms. The quantitative estimate of drug-likeness (QED) is 0.743. The first-order valence-electron chi connectivity index (χ1n) is 10.8. The summed E-state index contributed by atoms with van der Waals surface area (Å²) in [5.74, 6) is 0. The number of hydrogen-bond acceptors (Lipinski definition) is 5. The summed E-state index contributed by atoms with van der Waals surface area (Å²) in [6.45, 7) is 4.68. The second-order valence-corrected chi connectivity index (χ2v) is 9.03. The fourth-order valence-electron chi connectivity index (χ4n) is 4.40. The third kappa shape index (κ3) is 5.13. The zero-order valence-corrected chi connectivity index (χ0v) is 18.0. The fourth-order valence-corrected chi connectivity index (χ4v) is 5.26. The van der Waals surface area contributed by atoms with E-state index in [1.54, 1.807) is 11.3 Å². The molecule has 2 saturated heterocycles. The van der Waals surface area contributed by atoms with Gasteiger partial charge in [0.1, 0.15) is 0 Å². The third-order valence-electron chi connectivity index (χ3n) is 6.10. The van der Waals surface area contributed by atoms with E-state index in [0.29, 0.717) is 12.1 Å². The van der Waals surface area contributed by atoms with Crippen molar-refractivity contribution in [3.05, 3.63) is 52.2 Å². The van der Waals surface area contributed by atoms with Gasteiger partial charge in [0.2, 0.25) is 0 Å². The molecule has 2 aromatic rings. The summed E-state index contributed by atoms with van der Waals surface area (Å²) < 4.78 is 0. The second-order valence-electron chi connectivity index (χ2n) is 8.05. The highest BCUT2D eigenvalue weighted by Gasteiger charge is 2.26. The monoisotopic (exact) mass is 423 g/mol. The minimum Gasteiger partial charge on any atom is -0.371 e. The molecule has 2 aliphatic heterocycles. The number of carbonyl (C=O) groups is 1. The molecule has 1 atom stereocenters. The van der Waals surface area contributed by atoms with Crippen LogP contribution in [0, 0.1) is 11.3 Å². The Kier molecular flexibility index (Phi) is 6.88. The van der Waals surface area contributed by atoms with E-state index in [2.05, 4.69) is 44.0 Å². The van der Waals surface area contributed by atoms with Gasteiger partial charge in [-0.25, -0.2) is 4.79 Å². The van der Waals surface area contributed by atoms with Crippen LogP contribution in [0.5, 0.6) is 0 Å². The van der Waals surface area contributed by atoms with E-state index in [1.807, 2.05) is 24.3 Å². The molecule has 158 valence electrons. The van der Waals surface area contributed by atoms with Gasteiger partial charge in [-0.1, -0.05) is 6.07 Å². The molecule has 2 amide bonds. The van der Waals surface area contributed by atoms with Crippen LogP contribution in [-0.2, 0) is 0 Å². The van der Waals surface area contributed by atoms with Crippen molar-refractivity contribution in [2.24, 2.45) is 0 Å². The van der Waals surface area contributed by atoms with Crippen LogP contribution in [-0.4, -0.2) is 49.7 Å². The van der Waals surface area contributed by atoms with E-state index >= 15 is 0 Å². The minimum atomic E-state index is -0.0624. The molecule has 0 bridgehead atoms. The van der Waals surface area contributed by atoms with Crippen molar-refractivity contribution < 1.29 is 4.79 Å². The van der Waals surface area contributed by atoms with Crippen molar-refractivity contribution in [2.75, 3.05) is 37.6 Å². The molecule has 6 nitrogen and oxygen atoms in total. The van der Waals surface area contributed by atoms with Gasteiger partial charge in [0.15, 0.2) is 0 Å². The number of nitrogens with zero attached hydrogens (tertiary/aromatic N) is 3. The molecule has 4 rings (SSSR count). The molecule has 0 aliphatic carbocycles. The van der Waals surface area contributed by atoms with Gasteiger partial charge < -0.3 is 15.5 Å². The number of thiophene rings is 1. The van der Waals surface area contributed by atoms with Gasteiger partial charge in [-0.15, -0.1) is 11.3 Å². The van der Waals surface area contributed by atoms with Crippen LogP contribution in [0.2, 0.25) is 0 Å². The van der Waals surface area contributed by atoms with Crippen LogP contribution >= 0.6 is 11.3 Å². The molecule has 2 N–H and O–H groups in total. The standard InChI is InChI=1S/C23H29N5OS/c24-16-18-5-7-20(8-6-18)27-13-9-19(10-14-27)26-23(29)25-17-21(22-4-3-15-30-22)28-11-1-2-12-28/h3-8,15,19,21H,1-2,9-14,17H2,(H2,25,26,29). The number of rotatable bonds is 6. The lowest BCUT2D eigenvalue weighted by Gasteiger charge is -2.34. The summed E-state index contributed by atoms with van der Waals surface area (Å²) >= 11 is 1.77. The normalized spacial score (nSPS) is 18.7. The topological polar surface area (TPSA) is 71.4 Å². The van der Waals surface area contributed by atoms with E-state index in [1.165, 1.54) is 17.7 Å². The van der Waals surface area contributed by atoms with Crippen LogP contribution in [0.1, 0.15) is 42.2 Å². The van der Waals surface area contributed by atoms with E-state index in [0.717, 1.165) is 44.7 Å². The number of benzene rings is 1. The summed E-state index contributed by atoms with van der Waals surface area (Å²) in [5, 5.41) is 17.3. The molecule has 7 heteroatoms. The number of likely N-dealkylation sites (tertiary alicyclic amines) is 1. The van der Waals surface area contributed by atoms with E-state index in [4.69, 9.17) is 5.26 Å². The van der Waals surface area contributed by atoms with Crippen LogP contribution in [0.3, 0.4) is 0 Å². The van der Waals surface area contributed by atoms with Crippen molar-refractivity contribution >= 4 is 23.1 Å². The lowest BCUT2D eigenvalue weighted by atomic mass is 10.0. The molecule has 0 radical (unpaired) electrons. The van der Waals surface area contributed by atoms with Gasteiger partial charge >= 0.3 is 6.03 Å². The zero-order chi connectivity index (χ0) is 20.8. The summed E-state index contributed by atoms with van der Waals surface area (Å²) in [6.07, 6.45) is 4.33. The maximum absolute atomic E-state index is 12.5. The average molecular weight is 424 g/mol. The highest BCUT2D eigenvalue weighted by atomic mass is 32.1. The Hall–Kier alpha value is -2.56. The predicted molar refractivity (Wildman–Crippen MR) is 121 cm³/mol. The van der Waals surface area contributed by atoms with Crippen molar-refractivity contribution in [1.29, 1.82) is 5.26 Å². The molecule has 1 unspecified atom stereocenters. The van der Waals surface area contributed by atoms with Crippen LogP contribution in [0.15, 0.2) is 41.8 Å². The maximum Gasteiger partial charge on any atom is 0.315 e. The van der Waals surface area contributed by atoms with Gasteiger partial charge in [0.05, 0.1) is 17.7 Å². The van der Waals surface area contributed by atoms with Gasteiger partial charge in [-0.3, -0.25) is 4.90 Å². The predicted octanol–water partition coefficient (Wildman–Crippen LogP) is 3.72. The largest absolute Gasteiger partial charge is 0.371 e. The maximum atomic E-state index is 12.5. The van der Waals surface area contributed by atoms with Gasteiger partial charge in [-0.2, -0.15) is 5.26 Å². The molecule has 2 fully saturated rings. The smallest absolute Gasteiger partial charge is 0.315 e. The Morgan fingerprint density at radius 3 is 2.50 bits per heavy atom. The second kappa shape index (κ2) is 9.96. The van der Waals surface area contributed by atoms with Crippen molar-refractivity contribution in [2.45, 2.75) is 37.8 Å². The van der Waals surface area contributed by atoms with Crippen LogP contribution in [0.4, 0.5) is 10.5 Å². The number of nitriles is 1. The summed E-state index contributed by atoms with van der Waals surface area (Å²) in [7, 11) is 0. The molecule has 3 heterocycles. The molecule has 30 heavy (non-hydrogen) atoms. The van der Waals surface area contributed by atoms with Crippen LogP contribution < -0.4 is 15.5 Å². The Morgan fingerprint density at radius 1 is 1.13 bits per heavy atom. The number of urea groups is 1. The zero-order valence-electron chi connectivity index (χ0n) is 17.2. The van der Waals surface area contributed by atoms with Crippen molar-refractivity contribution in [3.63, 3.8) is 0 Å². The highest BCUT2D eigenvalue weighted by Crippen LogP contribution is 2.28. The Balaban J connectivity index is 1.24. The number of amides is 2. The Labute approximate surface area is 182 Å². The third-order valence-corrected chi connectivity index (χ3v) is 7.07. The van der Waals surface area contributed by atoms with E-state index < -0.39 is 0 Å². The molecular weight excluding hydrogens is 394 g/mol. The number of carbonyl (C=O) groups excluding carboxylic acids is 1. The Morgan fingerprint density at radius 2 is 1.87 bits per heavy atom. The molecular formula is C23H29N5OS. The fraction of sp³-hybridized carbons (Fsp3) is 0.478. The first kappa shape index (κ1) is 20.7. The molecule has 1 aromatic heterocycles. The number of anilines is 1. The SMILES string of the molecule is N#Cc1ccc(N2CCC(NC(=O)NCC(c3cccs3)N3CCCC3)CC2)cc1. The summed E-state index contributed by atoms with van der Waals surface area (Å²) in [4.78, 5) is 18.7. The lowest BCUT2D eigenvalue weighted by molar-refractivity contribution is 0.218. The average Bonchev–Trinajstić information content (AvgIpc) is 3.50. The first-order valence-corrected chi connectivity index (χ1v) is 11.7. The molecule has 1 aromatic carbocycles. The molecule has 0 saturated carbocycles. The van der Waals surface area contributed by atoms with Crippen molar-refractivity contribution in [1.82, 2.24) is 15.5 Å². The summed E-state index contributed by atoms with van der Waals surface area (Å²) in [6, 6.07) is 14.6. The highest BCUT2D eigenvalue weighted by molar-refractivity contribution is 7.10.